The maximum Gasteiger partial charge on any atom is 0.259 e. The molecule has 22 heavy (non-hydrogen) atoms. The Balaban J connectivity index is 1.86. The lowest BCUT2D eigenvalue weighted by atomic mass is 9.70. The molecule has 0 aromatic rings. The van der Waals surface area contributed by atoms with Gasteiger partial charge in [0.1, 0.15) is 0 Å². The zero-order chi connectivity index (χ0) is 15.5. The summed E-state index contributed by atoms with van der Waals surface area (Å²) in [7, 11) is 0. The van der Waals surface area contributed by atoms with E-state index in [0.717, 1.165) is 5.71 Å². The van der Waals surface area contributed by atoms with Crippen molar-refractivity contribution in [3.8, 4) is 0 Å². The normalized spacial score (nSPS) is 42.3. The second-order valence-electron chi connectivity index (χ2n) is 6.95. The summed E-state index contributed by atoms with van der Waals surface area (Å²) >= 11 is 0. The number of amides is 1. The highest BCUT2D eigenvalue weighted by Crippen LogP contribution is 2.51. The van der Waals surface area contributed by atoms with Crippen LogP contribution in [0.5, 0.6) is 0 Å². The molecule has 0 aromatic carbocycles. The van der Waals surface area contributed by atoms with Crippen LogP contribution in [0.25, 0.3) is 0 Å². The first-order valence-corrected chi connectivity index (χ1v) is 7.90. The van der Waals surface area contributed by atoms with E-state index in [9.17, 15) is 4.79 Å². The molecule has 0 spiro atoms. The Morgan fingerprint density at radius 3 is 3.05 bits per heavy atom. The molecule has 4 heteroatoms. The highest BCUT2D eigenvalue weighted by molar-refractivity contribution is 6.09. The van der Waals surface area contributed by atoms with Crippen molar-refractivity contribution in [2.75, 3.05) is 0 Å². The largest absolute Gasteiger partial charge is 0.346 e. The van der Waals surface area contributed by atoms with Gasteiger partial charge in [0.05, 0.1) is 17.2 Å². The fourth-order valence-corrected chi connectivity index (χ4v) is 3.90. The third kappa shape index (κ3) is 1.94. The van der Waals surface area contributed by atoms with Crippen LogP contribution >= 0.6 is 0 Å². The van der Waals surface area contributed by atoms with Gasteiger partial charge in [0, 0.05) is 0 Å². The second kappa shape index (κ2) is 4.53. The minimum absolute atomic E-state index is 0.0972. The summed E-state index contributed by atoms with van der Waals surface area (Å²) in [6.45, 7) is 4.23. The molecule has 4 rings (SSSR count). The number of aliphatic imine (C=N–C) groups is 1. The van der Waals surface area contributed by atoms with Gasteiger partial charge in [-0.1, -0.05) is 42.0 Å². The number of nitrogens with zero attached hydrogens (tertiary/aromatic N) is 1. The molecule has 3 aliphatic carbocycles. The molecule has 5 unspecified atom stereocenters. The van der Waals surface area contributed by atoms with Crippen LogP contribution < -0.4 is 11.1 Å². The van der Waals surface area contributed by atoms with E-state index in [1.165, 1.54) is 17.6 Å². The van der Waals surface area contributed by atoms with Crippen molar-refractivity contribution >= 4 is 11.6 Å². The van der Waals surface area contributed by atoms with Crippen molar-refractivity contribution in [2.45, 2.75) is 32.5 Å². The summed E-state index contributed by atoms with van der Waals surface area (Å²) in [6, 6.07) is -0.0972. The second-order valence-corrected chi connectivity index (χ2v) is 6.95. The molecule has 114 valence electrons. The van der Waals surface area contributed by atoms with E-state index < -0.39 is 6.17 Å². The topological polar surface area (TPSA) is 67.5 Å². The van der Waals surface area contributed by atoms with Crippen molar-refractivity contribution in [1.82, 2.24) is 5.32 Å². The number of carbonyl (C=O) groups excluding carboxylic acids is 1. The predicted octanol–water partition coefficient (Wildman–Crippen LogP) is 1.87. The molecular formula is C18H21N3O. The zero-order valence-corrected chi connectivity index (χ0v) is 12.9. The number of nitrogens with one attached hydrogen (secondary N) is 1. The van der Waals surface area contributed by atoms with Gasteiger partial charge in [0.2, 0.25) is 0 Å². The van der Waals surface area contributed by atoms with Gasteiger partial charge in [0.25, 0.3) is 5.91 Å². The number of nitrogens with two attached hydrogens (primary N) is 1. The minimum atomic E-state index is -0.830. The summed E-state index contributed by atoms with van der Waals surface area (Å²) in [4.78, 5) is 16.8. The molecule has 0 aromatic heterocycles. The summed E-state index contributed by atoms with van der Waals surface area (Å²) in [5, 5.41) is 3.03. The van der Waals surface area contributed by atoms with Crippen LogP contribution in [0.15, 0.2) is 52.6 Å². The zero-order valence-electron chi connectivity index (χ0n) is 12.9. The van der Waals surface area contributed by atoms with E-state index in [-0.39, 0.29) is 17.4 Å². The smallest absolute Gasteiger partial charge is 0.259 e. The Kier molecular flexibility index (Phi) is 2.82. The van der Waals surface area contributed by atoms with Gasteiger partial charge in [-0.3, -0.25) is 9.79 Å². The fraction of sp³-hybridized carbons (Fsp3) is 0.444. The Hall–Kier alpha value is -1.94. The van der Waals surface area contributed by atoms with Gasteiger partial charge < -0.3 is 11.1 Å². The summed E-state index contributed by atoms with van der Waals surface area (Å²) in [6.07, 6.45) is 13.2. The van der Waals surface area contributed by atoms with E-state index in [4.69, 9.17) is 5.73 Å². The molecule has 4 aliphatic rings. The van der Waals surface area contributed by atoms with E-state index in [2.05, 4.69) is 60.6 Å². The van der Waals surface area contributed by atoms with Crippen LogP contribution in [0, 0.1) is 17.3 Å². The average molecular weight is 295 g/mol. The number of hydrogen-bond donors (Lipinski definition) is 2. The SMILES string of the molecule is CC1=CC2(C)C(C3=CC=CC4CC34)=NC(N)C(=O)NC2C=C1. The first kappa shape index (κ1) is 13.7. The Bertz CT molecular complexity index is 697. The molecule has 4 nitrogen and oxygen atoms in total. The van der Waals surface area contributed by atoms with Crippen LogP contribution in [0.4, 0.5) is 0 Å². The lowest BCUT2D eigenvalue weighted by molar-refractivity contribution is -0.122. The quantitative estimate of drug-likeness (QED) is 0.775. The lowest BCUT2D eigenvalue weighted by Gasteiger charge is -2.37. The fourth-order valence-electron chi connectivity index (χ4n) is 3.90. The number of fused-ring (bicyclic) bond motifs is 2. The molecular weight excluding hydrogens is 274 g/mol. The monoisotopic (exact) mass is 295 g/mol. The molecule has 1 heterocycles. The number of rotatable bonds is 1. The molecule has 5 atom stereocenters. The molecule has 0 bridgehead atoms. The first-order chi connectivity index (χ1) is 10.5. The standard InChI is InChI=1S/C18H21N3O/c1-10-6-7-14-18(2,9-10)15(21-16(19)17(22)20-14)12-5-3-4-11-8-13(11)12/h3-7,9,11,13-14,16H,8,19H2,1-2H3,(H,20,22). The van der Waals surface area contributed by atoms with Gasteiger partial charge >= 0.3 is 0 Å². The number of carbonyl (C=O) groups is 1. The molecule has 1 amide bonds. The van der Waals surface area contributed by atoms with Gasteiger partial charge in [-0.25, -0.2) is 0 Å². The van der Waals surface area contributed by atoms with Crippen molar-refractivity contribution in [2.24, 2.45) is 28.0 Å². The first-order valence-electron chi connectivity index (χ1n) is 7.90. The van der Waals surface area contributed by atoms with Crippen molar-refractivity contribution in [3.63, 3.8) is 0 Å². The highest BCUT2D eigenvalue weighted by atomic mass is 16.2. The number of allylic oxidation sites excluding steroid dienone is 6. The number of hydrogen-bond acceptors (Lipinski definition) is 3. The average Bonchev–Trinajstić information content (AvgIpc) is 3.26. The van der Waals surface area contributed by atoms with Crippen LogP contribution in [-0.4, -0.2) is 23.8 Å². The molecule has 1 aliphatic heterocycles. The van der Waals surface area contributed by atoms with Gasteiger partial charge in [-0.2, -0.15) is 0 Å². The molecule has 3 N–H and O–H groups in total. The van der Waals surface area contributed by atoms with E-state index >= 15 is 0 Å². The van der Waals surface area contributed by atoms with Crippen molar-refractivity contribution in [1.29, 1.82) is 0 Å². The van der Waals surface area contributed by atoms with Gasteiger partial charge in [-0.15, -0.1) is 0 Å². The highest BCUT2D eigenvalue weighted by Gasteiger charge is 2.48. The van der Waals surface area contributed by atoms with Gasteiger partial charge in [-0.05, 0) is 37.7 Å². The van der Waals surface area contributed by atoms with E-state index in [0.29, 0.717) is 11.8 Å². The van der Waals surface area contributed by atoms with Gasteiger partial charge in [0.15, 0.2) is 6.17 Å². The van der Waals surface area contributed by atoms with Crippen molar-refractivity contribution < 1.29 is 4.79 Å². The molecule has 0 saturated heterocycles. The summed E-state index contributed by atoms with van der Waals surface area (Å²) < 4.78 is 0. The van der Waals surface area contributed by atoms with Crippen LogP contribution in [0.2, 0.25) is 0 Å². The van der Waals surface area contributed by atoms with E-state index in [1.807, 2.05) is 0 Å². The van der Waals surface area contributed by atoms with Crippen LogP contribution in [-0.2, 0) is 4.79 Å². The summed E-state index contributed by atoms with van der Waals surface area (Å²) in [5.41, 5.74) is 9.07. The maximum atomic E-state index is 12.2. The molecule has 0 radical (unpaired) electrons. The summed E-state index contributed by atoms with van der Waals surface area (Å²) in [5.74, 6) is 0.974. The van der Waals surface area contributed by atoms with Crippen LogP contribution in [0.1, 0.15) is 20.3 Å². The maximum absolute atomic E-state index is 12.2. The minimum Gasteiger partial charge on any atom is -0.346 e. The Labute approximate surface area is 130 Å². The Morgan fingerprint density at radius 1 is 1.41 bits per heavy atom. The predicted molar refractivity (Wildman–Crippen MR) is 87.2 cm³/mol. The van der Waals surface area contributed by atoms with Crippen LogP contribution in [0.3, 0.4) is 0 Å². The molecule has 1 fully saturated rings. The lowest BCUT2D eigenvalue weighted by Crippen LogP contribution is -2.49. The Morgan fingerprint density at radius 2 is 2.23 bits per heavy atom. The van der Waals surface area contributed by atoms with Crippen molar-refractivity contribution in [3.05, 3.63) is 47.6 Å². The third-order valence-corrected chi connectivity index (χ3v) is 5.22. The molecule has 1 saturated carbocycles. The van der Waals surface area contributed by atoms with E-state index in [1.54, 1.807) is 0 Å². The third-order valence-electron chi connectivity index (χ3n) is 5.22.